The van der Waals surface area contributed by atoms with Crippen molar-refractivity contribution in [3.05, 3.63) is 24.4 Å². The SMILES string of the molecule is COCCn1ncc(-c2n[nH]c3ccc(OCC(F)CNC=O)cc23)n1. The molecule has 0 bridgehead atoms. The fraction of sp³-hybridized carbons (Fsp3) is 0.375. The number of ether oxygens (including phenoxy) is 2. The molecule has 0 aliphatic rings. The van der Waals surface area contributed by atoms with E-state index >= 15 is 0 Å². The van der Waals surface area contributed by atoms with Crippen LogP contribution in [0.25, 0.3) is 22.3 Å². The molecule has 1 aromatic carbocycles. The highest BCUT2D eigenvalue weighted by Crippen LogP contribution is 2.28. The van der Waals surface area contributed by atoms with Gasteiger partial charge in [0.05, 0.1) is 31.4 Å². The van der Waals surface area contributed by atoms with Crippen molar-refractivity contribution in [3.63, 3.8) is 0 Å². The van der Waals surface area contributed by atoms with Gasteiger partial charge < -0.3 is 14.8 Å². The first-order valence-electron chi connectivity index (χ1n) is 8.02. The average molecular weight is 362 g/mol. The third-order valence-corrected chi connectivity index (χ3v) is 3.66. The van der Waals surface area contributed by atoms with Crippen molar-refractivity contribution in [1.82, 2.24) is 30.5 Å². The van der Waals surface area contributed by atoms with E-state index in [1.807, 2.05) is 0 Å². The Balaban J connectivity index is 1.75. The van der Waals surface area contributed by atoms with E-state index in [0.29, 0.717) is 36.7 Å². The molecule has 0 spiro atoms. The van der Waals surface area contributed by atoms with Gasteiger partial charge in [0.15, 0.2) is 6.17 Å². The summed E-state index contributed by atoms with van der Waals surface area (Å²) >= 11 is 0. The number of aromatic nitrogens is 5. The van der Waals surface area contributed by atoms with Crippen LogP contribution in [0.15, 0.2) is 24.4 Å². The van der Waals surface area contributed by atoms with Gasteiger partial charge in [-0.1, -0.05) is 0 Å². The second-order valence-electron chi connectivity index (χ2n) is 5.53. The van der Waals surface area contributed by atoms with Crippen LogP contribution in [0.2, 0.25) is 0 Å². The third-order valence-electron chi connectivity index (χ3n) is 3.66. The van der Waals surface area contributed by atoms with Gasteiger partial charge in [0.2, 0.25) is 6.41 Å². The number of hydrogen-bond acceptors (Lipinski definition) is 6. The predicted molar refractivity (Wildman–Crippen MR) is 91.4 cm³/mol. The number of alkyl halides is 1. The Morgan fingerprint density at radius 3 is 3.15 bits per heavy atom. The van der Waals surface area contributed by atoms with Gasteiger partial charge in [-0.2, -0.15) is 20.1 Å². The molecule has 0 aliphatic heterocycles. The van der Waals surface area contributed by atoms with Crippen molar-refractivity contribution in [2.24, 2.45) is 0 Å². The summed E-state index contributed by atoms with van der Waals surface area (Å²) in [6, 6.07) is 5.29. The molecule has 0 aliphatic carbocycles. The van der Waals surface area contributed by atoms with Crippen LogP contribution in [-0.4, -0.2) is 64.6 Å². The van der Waals surface area contributed by atoms with Crippen molar-refractivity contribution in [2.45, 2.75) is 12.7 Å². The number of nitrogens with one attached hydrogen (secondary N) is 2. The molecule has 3 rings (SSSR count). The van der Waals surface area contributed by atoms with E-state index in [0.717, 1.165) is 10.9 Å². The minimum atomic E-state index is -1.29. The van der Waals surface area contributed by atoms with Crippen LogP contribution in [0.4, 0.5) is 4.39 Å². The number of benzene rings is 1. The zero-order chi connectivity index (χ0) is 18.4. The lowest BCUT2D eigenvalue weighted by Gasteiger charge is -2.10. The van der Waals surface area contributed by atoms with Gasteiger partial charge in [0.25, 0.3) is 0 Å². The van der Waals surface area contributed by atoms with Crippen molar-refractivity contribution < 1.29 is 18.7 Å². The van der Waals surface area contributed by atoms with Gasteiger partial charge in [-0.3, -0.25) is 9.89 Å². The summed E-state index contributed by atoms with van der Waals surface area (Å²) in [5.74, 6) is 0.501. The Morgan fingerprint density at radius 2 is 2.35 bits per heavy atom. The van der Waals surface area contributed by atoms with Gasteiger partial charge in [-0.15, -0.1) is 0 Å². The number of amides is 1. The molecule has 10 heteroatoms. The molecular formula is C16H19FN6O3. The van der Waals surface area contributed by atoms with E-state index in [4.69, 9.17) is 9.47 Å². The molecule has 138 valence electrons. The Morgan fingerprint density at radius 1 is 1.46 bits per heavy atom. The molecule has 2 N–H and O–H groups in total. The first-order valence-corrected chi connectivity index (χ1v) is 8.02. The van der Waals surface area contributed by atoms with Crippen LogP contribution < -0.4 is 10.1 Å². The van der Waals surface area contributed by atoms with Crippen LogP contribution in [0, 0.1) is 0 Å². The van der Waals surface area contributed by atoms with Gasteiger partial charge >= 0.3 is 0 Å². The Hall–Kier alpha value is -3.01. The highest BCUT2D eigenvalue weighted by molar-refractivity contribution is 5.92. The molecule has 0 fully saturated rings. The zero-order valence-corrected chi connectivity index (χ0v) is 14.2. The predicted octanol–water partition coefficient (Wildman–Crippen LogP) is 0.931. The Bertz CT molecular complexity index is 865. The standard InChI is InChI=1S/C16H19FN6O3/c1-25-5-4-23-19-8-15(22-23)16-13-6-12(2-3-14(13)20-21-16)26-9-11(17)7-18-10-24/h2-3,6,8,10-11H,4-5,7,9H2,1H3,(H,18,24)(H,20,21). The van der Waals surface area contributed by atoms with E-state index < -0.39 is 6.17 Å². The fourth-order valence-corrected chi connectivity index (χ4v) is 2.39. The van der Waals surface area contributed by atoms with Crippen LogP contribution in [0.3, 0.4) is 0 Å². The van der Waals surface area contributed by atoms with Crippen LogP contribution >= 0.6 is 0 Å². The van der Waals surface area contributed by atoms with Crippen molar-refractivity contribution in [2.75, 3.05) is 26.9 Å². The second-order valence-corrected chi connectivity index (χ2v) is 5.53. The third kappa shape index (κ3) is 4.14. The van der Waals surface area contributed by atoms with Gasteiger partial charge in [0.1, 0.15) is 23.7 Å². The molecule has 2 aromatic heterocycles. The van der Waals surface area contributed by atoms with E-state index in [1.54, 1.807) is 31.5 Å². The van der Waals surface area contributed by atoms with Gasteiger partial charge in [-0.25, -0.2) is 4.39 Å². The molecular weight excluding hydrogens is 343 g/mol. The van der Waals surface area contributed by atoms with Crippen molar-refractivity contribution in [1.29, 1.82) is 0 Å². The van der Waals surface area contributed by atoms with E-state index in [1.165, 1.54) is 4.80 Å². The number of nitrogens with zero attached hydrogens (tertiary/aromatic N) is 4. The lowest BCUT2D eigenvalue weighted by atomic mass is 10.1. The topological polar surface area (TPSA) is 107 Å². The monoisotopic (exact) mass is 362 g/mol. The number of methoxy groups -OCH3 is 1. The summed E-state index contributed by atoms with van der Waals surface area (Å²) in [6.07, 6.45) is 0.790. The van der Waals surface area contributed by atoms with Crippen molar-refractivity contribution in [3.8, 4) is 17.1 Å². The van der Waals surface area contributed by atoms with Crippen molar-refractivity contribution >= 4 is 17.3 Å². The minimum Gasteiger partial charge on any atom is -0.490 e. The molecule has 1 atom stereocenters. The number of fused-ring (bicyclic) bond motifs is 1. The largest absolute Gasteiger partial charge is 0.490 e. The molecule has 0 radical (unpaired) electrons. The summed E-state index contributed by atoms with van der Waals surface area (Å²) < 4.78 is 24.1. The molecule has 2 heterocycles. The van der Waals surface area contributed by atoms with E-state index in [9.17, 15) is 9.18 Å². The maximum atomic E-state index is 13.6. The fourth-order valence-electron chi connectivity index (χ4n) is 2.39. The van der Waals surface area contributed by atoms with Gasteiger partial charge in [0, 0.05) is 12.5 Å². The first kappa shape index (κ1) is 17.8. The number of hydrogen-bond donors (Lipinski definition) is 2. The summed E-state index contributed by atoms with van der Waals surface area (Å²) in [5.41, 5.74) is 2.05. The average Bonchev–Trinajstić information content (AvgIpc) is 3.29. The maximum absolute atomic E-state index is 13.6. The number of carbonyl (C=O) groups is 1. The highest BCUT2D eigenvalue weighted by Gasteiger charge is 2.14. The molecule has 1 unspecified atom stereocenters. The Labute approximate surface area is 148 Å². The highest BCUT2D eigenvalue weighted by atomic mass is 19.1. The molecule has 9 nitrogen and oxygen atoms in total. The lowest BCUT2D eigenvalue weighted by molar-refractivity contribution is -0.109. The number of rotatable bonds is 10. The number of carbonyl (C=O) groups excluding carboxylic acids is 1. The molecule has 3 aromatic rings. The first-order chi connectivity index (χ1) is 12.7. The number of halogens is 1. The number of H-pyrrole nitrogens is 1. The molecule has 0 saturated heterocycles. The summed E-state index contributed by atoms with van der Waals surface area (Å²) in [5, 5.41) is 18.8. The molecule has 26 heavy (non-hydrogen) atoms. The molecule has 0 saturated carbocycles. The van der Waals surface area contributed by atoms with E-state index in [2.05, 4.69) is 25.7 Å². The molecule has 1 amide bonds. The zero-order valence-electron chi connectivity index (χ0n) is 14.2. The van der Waals surface area contributed by atoms with Crippen LogP contribution in [-0.2, 0) is 16.1 Å². The lowest BCUT2D eigenvalue weighted by Crippen LogP contribution is -2.27. The van der Waals surface area contributed by atoms with E-state index in [-0.39, 0.29) is 13.2 Å². The second kappa shape index (κ2) is 8.39. The summed E-state index contributed by atoms with van der Waals surface area (Å²) in [7, 11) is 1.62. The summed E-state index contributed by atoms with van der Waals surface area (Å²) in [6.45, 7) is 0.802. The Kier molecular flexibility index (Phi) is 5.74. The normalized spacial score (nSPS) is 12.2. The van der Waals surface area contributed by atoms with Gasteiger partial charge in [-0.05, 0) is 18.2 Å². The minimum absolute atomic E-state index is 0.0900. The quantitative estimate of drug-likeness (QED) is 0.520. The summed E-state index contributed by atoms with van der Waals surface area (Å²) in [4.78, 5) is 11.7. The smallest absolute Gasteiger partial charge is 0.207 e. The van der Waals surface area contributed by atoms with Crippen LogP contribution in [0.5, 0.6) is 5.75 Å². The van der Waals surface area contributed by atoms with Crippen LogP contribution in [0.1, 0.15) is 0 Å². The number of aromatic amines is 1. The maximum Gasteiger partial charge on any atom is 0.207 e.